The highest BCUT2D eigenvalue weighted by atomic mass is 16.2. The van der Waals surface area contributed by atoms with E-state index in [4.69, 9.17) is 0 Å². The average Bonchev–Trinajstić information content (AvgIpc) is 2.77. The number of hydrogen-bond acceptors (Lipinski definition) is 2. The van der Waals surface area contributed by atoms with Crippen LogP contribution in [0.2, 0.25) is 0 Å². The summed E-state index contributed by atoms with van der Waals surface area (Å²) in [6, 6.07) is 16.3. The molecule has 1 aliphatic rings. The second kappa shape index (κ2) is 11.1. The van der Waals surface area contributed by atoms with Gasteiger partial charge in [0.25, 0.3) is 11.8 Å². The van der Waals surface area contributed by atoms with Gasteiger partial charge in [0, 0.05) is 19.3 Å². The summed E-state index contributed by atoms with van der Waals surface area (Å²) in [5, 5.41) is 3.07. The largest absolute Gasteiger partial charge is 0.337 e. The number of carbonyl (C=O) groups excluding carboxylic acids is 2. The lowest BCUT2D eigenvalue weighted by molar-refractivity contribution is -1.00. The Bertz CT molecular complexity index is 873. The predicted molar refractivity (Wildman–Crippen MR) is 123 cm³/mol. The number of aryl methyl sites for hydroxylation is 2. The van der Waals surface area contributed by atoms with E-state index in [9.17, 15) is 9.59 Å². The van der Waals surface area contributed by atoms with Gasteiger partial charge in [0.2, 0.25) is 0 Å². The Morgan fingerprint density at radius 3 is 2.19 bits per heavy atom. The van der Waals surface area contributed by atoms with Gasteiger partial charge in [-0.3, -0.25) is 9.59 Å². The molecular formula is C25H36N4O2+2. The molecule has 2 amide bonds. The molecule has 6 nitrogen and oxygen atoms in total. The molecule has 1 saturated heterocycles. The molecule has 6 heteroatoms. The van der Waals surface area contributed by atoms with Crippen molar-refractivity contribution in [1.82, 2.24) is 4.90 Å². The smallest absolute Gasteiger partial charge is 0.279 e. The molecule has 0 aliphatic carbocycles. The van der Waals surface area contributed by atoms with Gasteiger partial charge in [-0.05, 0) is 30.5 Å². The molecule has 2 aromatic rings. The lowest BCUT2D eigenvalue weighted by Crippen LogP contribution is -3.28. The Balaban J connectivity index is 1.40. The minimum absolute atomic E-state index is 0.0632. The zero-order valence-electron chi connectivity index (χ0n) is 19.0. The standard InChI is InChI=1S/C25H34N4O2/c1-4-22-7-5-6-8-23(22)26-24(30)18-28-13-15-29(16-14-28)19-25(31)27(3)17-21-11-9-20(2)10-12-21/h5-12H,4,13-19H2,1-3H3,(H,26,30)/p+2. The number of rotatable bonds is 8. The highest BCUT2D eigenvalue weighted by Crippen LogP contribution is 2.14. The summed E-state index contributed by atoms with van der Waals surface area (Å²) in [6.45, 7) is 9.45. The van der Waals surface area contributed by atoms with Crippen LogP contribution in [0.1, 0.15) is 23.6 Å². The highest BCUT2D eigenvalue weighted by molar-refractivity contribution is 5.92. The number of benzene rings is 2. The summed E-state index contributed by atoms with van der Waals surface area (Å²) in [4.78, 5) is 29.5. The monoisotopic (exact) mass is 424 g/mol. The molecule has 2 aromatic carbocycles. The first-order chi connectivity index (χ1) is 14.9. The van der Waals surface area contributed by atoms with E-state index in [1.54, 1.807) is 0 Å². The molecule has 0 radical (unpaired) electrons. The lowest BCUT2D eigenvalue weighted by atomic mass is 10.1. The third kappa shape index (κ3) is 6.91. The summed E-state index contributed by atoms with van der Waals surface area (Å²) in [5.74, 6) is 0.237. The number of piperazine rings is 1. The van der Waals surface area contributed by atoms with E-state index in [-0.39, 0.29) is 11.8 Å². The number of nitrogens with one attached hydrogen (secondary N) is 3. The molecule has 1 heterocycles. The highest BCUT2D eigenvalue weighted by Gasteiger charge is 2.27. The van der Waals surface area contributed by atoms with Crippen molar-refractivity contribution in [2.45, 2.75) is 26.8 Å². The molecule has 166 valence electrons. The molecule has 0 aromatic heterocycles. The van der Waals surface area contributed by atoms with Gasteiger partial charge in [0.1, 0.15) is 26.2 Å². The molecule has 1 aliphatic heterocycles. The van der Waals surface area contributed by atoms with Gasteiger partial charge in [0.15, 0.2) is 13.1 Å². The predicted octanol–water partition coefficient (Wildman–Crippen LogP) is -0.0621. The van der Waals surface area contributed by atoms with Crippen LogP contribution in [-0.2, 0) is 22.6 Å². The third-order valence-electron chi connectivity index (χ3n) is 6.11. The van der Waals surface area contributed by atoms with E-state index < -0.39 is 0 Å². The number of likely N-dealkylation sites (N-methyl/N-ethyl adjacent to an activating group) is 1. The number of nitrogens with zero attached hydrogens (tertiary/aromatic N) is 1. The molecule has 3 N–H and O–H groups in total. The molecule has 0 saturated carbocycles. The van der Waals surface area contributed by atoms with Gasteiger partial charge in [-0.2, -0.15) is 0 Å². The van der Waals surface area contributed by atoms with Crippen LogP contribution in [0.3, 0.4) is 0 Å². The fourth-order valence-corrected chi connectivity index (χ4v) is 4.09. The van der Waals surface area contributed by atoms with Crippen LogP contribution < -0.4 is 15.1 Å². The molecule has 31 heavy (non-hydrogen) atoms. The second-order valence-corrected chi connectivity index (χ2v) is 8.65. The van der Waals surface area contributed by atoms with Crippen LogP contribution in [-0.4, -0.2) is 63.0 Å². The van der Waals surface area contributed by atoms with Crippen molar-refractivity contribution < 1.29 is 19.4 Å². The zero-order chi connectivity index (χ0) is 22.2. The number of amides is 2. The first-order valence-corrected chi connectivity index (χ1v) is 11.3. The third-order valence-corrected chi connectivity index (χ3v) is 6.11. The molecular weight excluding hydrogens is 388 g/mol. The van der Waals surface area contributed by atoms with Gasteiger partial charge in [-0.25, -0.2) is 0 Å². The number of quaternary nitrogens is 2. The molecule has 1 fully saturated rings. The zero-order valence-corrected chi connectivity index (χ0v) is 19.0. The maximum Gasteiger partial charge on any atom is 0.279 e. The molecule has 3 rings (SSSR count). The number of carbonyl (C=O) groups is 2. The van der Waals surface area contributed by atoms with E-state index in [2.05, 4.69) is 49.5 Å². The van der Waals surface area contributed by atoms with Crippen LogP contribution in [0, 0.1) is 6.92 Å². The minimum atomic E-state index is 0.0632. The van der Waals surface area contributed by atoms with Crippen molar-refractivity contribution in [3.8, 4) is 0 Å². The summed E-state index contributed by atoms with van der Waals surface area (Å²) >= 11 is 0. The summed E-state index contributed by atoms with van der Waals surface area (Å²) in [6.07, 6.45) is 0.901. The van der Waals surface area contributed by atoms with Gasteiger partial charge in [0.05, 0.1) is 0 Å². The van der Waals surface area contributed by atoms with Crippen molar-refractivity contribution in [3.63, 3.8) is 0 Å². The van der Waals surface area contributed by atoms with Crippen molar-refractivity contribution in [3.05, 3.63) is 65.2 Å². The van der Waals surface area contributed by atoms with E-state index in [1.807, 2.05) is 30.1 Å². The van der Waals surface area contributed by atoms with Crippen LogP contribution in [0.25, 0.3) is 0 Å². The van der Waals surface area contributed by atoms with Crippen molar-refractivity contribution >= 4 is 17.5 Å². The van der Waals surface area contributed by atoms with E-state index in [0.29, 0.717) is 19.6 Å². The maximum absolute atomic E-state index is 12.6. The Morgan fingerprint density at radius 1 is 0.935 bits per heavy atom. The van der Waals surface area contributed by atoms with Crippen molar-refractivity contribution in [2.75, 3.05) is 51.6 Å². The van der Waals surface area contributed by atoms with Gasteiger partial charge in [-0.1, -0.05) is 55.0 Å². The first kappa shape index (κ1) is 23.0. The molecule has 0 atom stereocenters. The Labute approximate surface area is 185 Å². The van der Waals surface area contributed by atoms with E-state index in [0.717, 1.165) is 49.4 Å². The lowest BCUT2D eigenvalue weighted by Gasteiger charge is -2.30. The average molecular weight is 425 g/mol. The normalized spacial score (nSPS) is 18.4. The minimum Gasteiger partial charge on any atom is -0.337 e. The van der Waals surface area contributed by atoms with Crippen molar-refractivity contribution in [1.29, 1.82) is 0 Å². The Morgan fingerprint density at radius 2 is 1.55 bits per heavy atom. The summed E-state index contributed by atoms with van der Waals surface area (Å²) < 4.78 is 0. The van der Waals surface area contributed by atoms with Gasteiger partial charge >= 0.3 is 0 Å². The van der Waals surface area contributed by atoms with Crippen LogP contribution in [0.5, 0.6) is 0 Å². The second-order valence-electron chi connectivity index (χ2n) is 8.65. The SMILES string of the molecule is CCc1ccccc1NC(=O)C[NH+]1CC[NH+](CC(=O)N(C)Cc2ccc(C)cc2)CC1. The Hall–Kier alpha value is -2.70. The first-order valence-electron chi connectivity index (χ1n) is 11.3. The summed E-state index contributed by atoms with van der Waals surface area (Å²) in [5.41, 5.74) is 4.46. The van der Waals surface area contributed by atoms with Crippen molar-refractivity contribution in [2.24, 2.45) is 0 Å². The van der Waals surface area contributed by atoms with E-state index >= 15 is 0 Å². The quantitative estimate of drug-likeness (QED) is 0.556. The van der Waals surface area contributed by atoms with Crippen LogP contribution >= 0.6 is 0 Å². The summed E-state index contributed by atoms with van der Waals surface area (Å²) in [7, 11) is 1.88. The maximum atomic E-state index is 12.6. The topological polar surface area (TPSA) is 58.3 Å². The fourth-order valence-electron chi connectivity index (χ4n) is 4.09. The molecule has 0 bridgehead atoms. The van der Waals surface area contributed by atoms with Gasteiger partial charge in [-0.15, -0.1) is 0 Å². The van der Waals surface area contributed by atoms with Crippen LogP contribution in [0.4, 0.5) is 5.69 Å². The fraction of sp³-hybridized carbons (Fsp3) is 0.440. The number of anilines is 1. The molecule has 0 spiro atoms. The molecule has 0 unspecified atom stereocenters. The van der Waals surface area contributed by atoms with E-state index in [1.165, 1.54) is 15.4 Å². The van der Waals surface area contributed by atoms with Crippen LogP contribution in [0.15, 0.2) is 48.5 Å². The number of hydrogen-bond donors (Lipinski definition) is 3. The van der Waals surface area contributed by atoms with Gasteiger partial charge < -0.3 is 20.0 Å². The number of para-hydroxylation sites is 1. The Kier molecular flexibility index (Phi) is 8.20.